The molecule has 0 saturated carbocycles. The van der Waals surface area contributed by atoms with E-state index in [-0.39, 0.29) is 0 Å². The quantitative estimate of drug-likeness (QED) is 0.484. The predicted octanol–water partition coefficient (Wildman–Crippen LogP) is 6.52. The number of unbranched alkanes of at least 4 members (excludes halogenated alkanes) is 6. The van der Waals surface area contributed by atoms with Crippen molar-refractivity contribution in [3.63, 3.8) is 0 Å². The molecule has 0 radical (unpaired) electrons. The lowest BCUT2D eigenvalue weighted by molar-refractivity contribution is 0.589. The van der Waals surface area contributed by atoms with E-state index in [1.165, 1.54) is 61.6 Å². The molecule has 120 valence electrons. The smallest absolute Gasteiger partial charge is 0.0991 e. The van der Waals surface area contributed by atoms with Gasteiger partial charge in [-0.2, -0.15) is 5.26 Å². The first kappa shape index (κ1) is 17.3. The van der Waals surface area contributed by atoms with Gasteiger partial charge in [-0.15, -0.1) is 0 Å². The Morgan fingerprint density at radius 2 is 1.43 bits per heavy atom. The Labute approximate surface area is 141 Å². The number of hydrogen-bond acceptors (Lipinski definition) is 1. The Bertz CT molecular complexity index is 619. The van der Waals surface area contributed by atoms with Crippen molar-refractivity contribution in [2.24, 2.45) is 0 Å². The molecule has 0 aliphatic heterocycles. The van der Waals surface area contributed by atoms with Crippen molar-refractivity contribution in [3.05, 3.63) is 59.7 Å². The molecule has 23 heavy (non-hydrogen) atoms. The molecule has 0 atom stereocenters. The number of aryl methyl sites for hydroxylation is 1. The SMILES string of the molecule is CCCCCCCCCc1ccccc1-c1ccc(C#N)cc1. The number of nitrogens with zero attached hydrogens (tertiary/aromatic N) is 1. The lowest BCUT2D eigenvalue weighted by Crippen LogP contribution is -1.91. The van der Waals surface area contributed by atoms with E-state index in [1.807, 2.05) is 12.1 Å². The molecule has 0 aliphatic rings. The summed E-state index contributed by atoms with van der Waals surface area (Å²) in [5, 5.41) is 8.92. The molecule has 0 amide bonds. The molecule has 1 heteroatoms. The summed E-state index contributed by atoms with van der Waals surface area (Å²) in [6.45, 7) is 2.26. The summed E-state index contributed by atoms with van der Waals surface area (Å²) in [7, 11) is 0. The van der Waals surface area contributed by atoms with Crippen molar-refractivity contribution in [2.75, 3.05) is 0 Å². The van der Waals surface area contributed by atoms with Gasteiger partial charge in [-0.3, -0.25) is 0 Å². The molecule has 0 N–H and O–H groups in total. The number of hydrogen-bond donors (Lipinski definition) is 0. The Kier molecular flexibility index (Phi) is 7.40. The second kappa shape index (κ2) is 9.85. The molecule has 0 aliphatic carbocycles. The highest BCUT2D eigenvalue weighted by molar-refractivity contribution is 5.68. The van der Waals surface area contributed by atoms with Crippen molar-refractivity contribution in [2.45, 2.75) is 58.3 Å². The van der Waals surface area contributed by atoms with Crippen LogP contribution >= 0.6 is 0 Å². The van der Waals surface area contributed by atoms with Gasteiger partial charge in [0.25, 0.3) is 0 Å². The summed E-state index contributed by atoms with van der Waals surface area (Å²) in [5.74, 6) is 0. The van der Waals surface area contributed by atoms with Crippen LogP contribution in [0, 0.1) is 11.3 Å². The van der Waals surface area contributed by atoms with Gasteiger partial charge < -0.3 is 0 Å². The first-order chi connectivity index (χ1) is 11.3. The van der Waals surface area contributed by atoms with Gasteiger partial charge in [-0.1, -0.05) is 81.8 Å². The minimum atomic E-state index is 0.721. The van der Waals surface area contributed by atoms with Crippen LogP contribution in [0.15, 0.2) is 48.5 Å². The van der Waals surface area contributed by atoms with Crippen LogP contribution in [0.2, 0.25) is 0 Å². The zero-order chi connectivity index (χ0) is 16.3. The van der Waals surface area contributed by atoms with Crippen LogP contribution in [0.5, 0.6) is 0 Å². The Balaban J connectivity index is 1.91. The zero-order valence-corrected chi connectivity index (χ0v) is 14.2. The average Bonchev–Trinajstić information content (AvgIpc) is 2.61. The fraction of sp³-hybridized carbons (Fsp3) is 0.409. The predicted molar refractivity (Wildman–Crippen MR) is 98.3 cm³/mol. The van der Waals surface area contributed by atoms with E-state index in [9.17, 15) is 0 Å². The van der Waals surface area contributed by atoms with Gasteiger partial charge in [-0.05, 0) is 41.7 Å². The van der Waals surface area contributed by atoms with Crippen molar-refractivity contribution < 1.29 is 0 Å². The van der Waals surface area contributed by atoms with E-state index >= 15 is 0 Å². The van der Waals surface area contributed by atoms with Crippen LogP contribution < -0.4 is 0 Å². The summed E-state index contributed by atoms with van der Waals surface area (Å²) in [6, 6.07) is 18.8. The molecule has 0 fully saturated rings. The highest BCUT2D eigenvalue weighted by Crippen LogP contribution is 2.25. The molecule has 0 saturated heterocycles. The fourth-order valence-electron chi connectivity index (χ4n) is 3.02. The molecular formula is C22H27N. The van der Waals surface area contributed by atoms with E-state index in [1.54, 1.807) is 0 Å². The standard InChI is InChI=1S/C22H27N/c1-2-3-4-5-6-7-8-11-20-12-9-10-13-22(20)21-16-14-19(18-23)15-17-21/h9-10,12-17H,2-8,11H2,1H3. The largest absolute Gasteiger partial charge is 0.192 e. The number of rotatable bonds is 9. The minimum absolute atomic E-state index is 0.721. The first-order valence-electron chi connectivity index (χ1n) is 8.93. The third-order valence-corrected chi connectivity index (χ3v) is 4.39. The van der Waals surface area contributed by atoms with Crippen LogP contribution in [0.3, 0.4) is 0 Å². The maximum Gasteiger partial charge on any atom is 0.0991 e. The molecule has 0 heterocycles. The second-order valence-electron chi connectivity index (χ2n) is 6.22. The van der Waals surface area contributed by atoms with Gasteiger partial charge in [0.2, 0.25) is 0 Å². The Hall–Kier alpha value is -2.07. The van der Waals surface area contributed by atoms with Crippen LogP contribution in [0.4, 0.5) is 0 Å². The molecule has 2 rings (SSSR count). The number of benzene rings is 2. The van der Waals surface area contributed by atoms with E-state index in [0.29, 0.717) is 0 Å². The summed E-state index contributed by atoms with van der Waals surface area (Å²) >= 11 is 0. The Morgan fingerprint density at radius 1 is 0.783 bits per heavy atom. The monoisotopic (exact) mass is 305 g/mol. The van der Waals surface area contributed by atoms with Crippen LogP contribution in [0.25, 0.3) is 11.1 Å². The third-order valence-electron chi connectivity index (χ3n) is 4.39. The van der Waals surface area contributed by atoms with Crippen LogP contribution in [0.1, 0.15) is 63.0 Å². The van der Waals surface area contributed by atoms with E-state index in [0.717, 1.165) is 12.0 Å². The summed E-state index contributed by atoms with van der Waals surface area (Å²) in [6.07, 6.45) is 10.6. The van der Waals surface area contributed by atoms with Gasteiger partial charge in [0.1, 0.15) is 0 Å². The summed E-state index contributed by atoms with van der Waals surface area (Å²) in [5.41, 5.74) is 4.66. The van der Waals surface area contributed by atoms with E-state index in [4.69, 9.17) is 5.26 Å². The van der Waals surface area contributed by atoms with Crippen molar-refractivity contribution in [1.29, 1.82) is 5.26 Å². The van der Waals surface area contributed by atoms with Gasteiger partial charge in [0.15, 0.2) is 0 Å². The van der Waals surface area contributed by atoms with Crippen molar-refractivity contribution in [3.8, 4) is 17.2 Å². The molecule has 2 aromatic rings. The first-order valence-corrected chi connectivity index (χ1v) is 8.93. The molecule has 0 aromatic heterocycles. The maximum atomic E-state index is 8.92. The molecule has 0 bridgehead atoms. The van der Waals surface area contributed by atoms with Gasteiger partial charge >= 0.3 is 0 Å². The topological polar surface area (TPSA) is 23.8 Å². The lowest BCUT2D eigenvalue weighted by Gasteiger charge is -2.10. The van der Waals surface area contributed by atoms with Crippen molar-refractivity contribution in [1.82, 2.24) is 0 Å². The van der Waals surface area contributed by atoms with Crippen molar-refractivity contribution >= 4 is 0 Å². The van der Waals surface area contributed by atoms with E-state index in [2.05, 4.69) is 49.4 Å². The van der Waals surface area contributed by atoms with E-state index < -0.39 is 0 Å². The van der Waals surface area contributed by atoms with Crippen LogP contribution in [-0.2, 0) is 6.42 Å². The molecular weight excluding hydrogens is 278 g/mol. The molecule has 0 unspecified atom stereocenters. The second-order valence-corrected chi connectivity index (χ2v) is 6.22. The molecule has 1 nitrogen and oxygen atoms in total. The zero-order valence-electron chi connectivity index (χ0n) is 14.2. The van der Waals surface area contributed by atoms with Crippen LogP contribution in [-0.4, -0.2) is 0 Å². The van der Waals surface area contributed by atoms with Gasteiger partial charge in [0.05, 0.1) is 11.6 Å². The van der Waals surface area contributed by atoms with Gasteiger partial charge in [-0.25, -0.2) is 0 Å². The highest BCUT2D eigenvalue weighted by atomic mass is 14.2. The third kappa shape index (κ3) is 5.57. The molecule has 2 aromatic carbocycles. The minimum Gasteiger partial charge on any atom is -0.192 e. The summed E-state index contributed by atoms with van der Waals surface area (Å²) < 4.78 is 0. The maximum absolute atomic E-state index is 8.92. The fourth-order valence-corrected chi connectivity index (χ4v) is 3.02. The average molecular weight is 305 g/mol. The number of nitriles is 1. The van der Waals surface area contributed by atoms with Gasteiger partial charge in [0, 0.05) is 0 Å². The Morgan fingerprint density at radius 3 is 2.13 bits per heavy atom. The lowest BCUT2D eigenvalue weighted by atomic mass is 9.95. The normalized spacial score (nSPS) is 10.4. The highest BCUT2D eigenvalue weighted by Gasteiger charge is 2.04. The molecule has 0 spiro atoms. The summed E-state index contributed by atoms with van der Waals surface area (Å²) in [4.78, 5) is 0.